The van der Waals surface area contributed by atoms with Crippen molar-refractivity contribution in [1.82, 2.24) is 14.5 Å². The zero-order valence-corrected chi connectivity index (χ0v) is 12.6. The lowest BCUT2D eigenvalue weighted by Gasteiger charge is -2.33. The van der Waals surface area contributed by atoms with Crippen molar-refractivity contribution in [2.45, 2.75) is 57.5 Å². The number of hydrogen-bond donors (Lipinski definition) is 1. The van der Waals surface area contributed by atoms with Crippen molar-refractivity contribution in [3.63, 3.8) is 0 Å². The van der Waals surface area contributed by atoms with E-state index in [9.17, 15) is 4.79 Å². The molecule has 0 unspecified atom stereocenters. The SMILES string of the molecule is CC(C)c1nnsc1C(=O)N(C)C1CCC(N)CC1. The summed E-state index contributed by atoms with van der Waals surface area (Å²) >= 11 is 1.20. The Hall–Kier alpha value is -1.01. The summed E-state index contributed by atoms with van der Waals surface area (Å²) in [7, 11) is 1.88. The van der Waals surface area contributed by atoms with E-state index in [2.05, 4.69) is 9.59 Å². The lowest BCUT2D eigenvalue weighted by Crippen LogP contribution is -2.41. The quantitative estimate of drug-likeness (QED) is 0.920. The van der Waals surface area contributed by atoms with Crippen molar-refractivity contribution in [1.29, 1.82) is 0 Å². The van der Waals surface area contributed by atoms with Gasteiger partial charge in [-0.15, -0.1) is 5.10 Å². The largest absolute Gasteiger partial charge is 0.338 e. The van der Waals surface area contributed by atoms with Crippen molar-refractivity contribution in [3.8, 4) is 0 Å². The molecular weight excluding hydrogens is 260 g/mol. The molecule has 1 saturated carbocycles. The van der Waals surface area contributed by atoms with Crippen LogP contribution in [0.1, 0.15) is 60.8 Å². The van der Waals surface area contributed by atoms with Crippen LogP contribution in [0.5, 0.6) is 0 Å². The van der Waals surface area contributed by atoms with Gasteiger partial charge in [0.05, 0.1) is 5.69 Å². The highest BCUT2D eigenvalue weighted by Gasteiger charge is 2.28. The average molecular weight is 282 g/mol. The molecule has 0 aromatic carbocycles. The Morgan fingerprint density at radius 2 is 2.00 bits per heavy atom. The first-order valence-corrected chi connectivity index (χ1v) is 7.63. The van der Waals surface area contributed by atoms with Gasteiger partial charge in [0.15, 0.2) is 0 Å². The predicted octanol–water partition coefficient (Wildman–Crippen LogP) is 2.00. The Balaban J connectivity index is 2.08. The Kier molecular flexibility index (Phi) is 4.52. The number of amides is 1. The van der Waals surface area contributed by atoms with Crippen LogP contribution in [0.2, 0.25) is 0 Å². The molecular formula is C13H22N4OS. The fraction of sp³-hybridized carbons (Fsp3) is 0.769. The fourth-order valence-corrected chi connectivity index (χ4v) is 3.34. The van der Waals surface area contributed by atoms with Crippen LogP contribution in [-0.2, 0) is 0 Å². The van der Waals surface area contributed by atoms with E-state index < -0.39 is 0 Å². The number of hydrogen-bond acceptors (Lipinski definition) is 5. The van der Waals surface area contributed by atoms with Gasteiger partial charge in [0.25, 0.3) is 5.91 Å². The first-order valence-electron chi connectivity index (χ1n) is 6.85. The summed E-state index contributed by atoms with van der Waals surface area (Å²) in [6, 6.07) is 0.602. The number of carbonyl (C=O) groups is 1. The molecule has 19 heavy (non-hydrogen) atoms. The van der Waals surface area contributed by atoms with E-state index in [1.807, 2.05) is 25.8 Å². The molecule has 1 aromatic heterocycles. The Morgan fingerprint density at radius 3 is 2.58 bits per heavy atom. The second-order valence-corrected chi connectivity index (χ2v) is 6.38. The van der Waals surface area contributed by atoms with Gasteiger partial charge in [-0.3, -0.25) is 4.79 Å². The molecule has 0 radical (unpaired) electrons. The predicted molar refractivity (Wildman–Crippen MR) is 76.3 cm³/mol. The maximum absolute atomic E-state index is 12.5. The van der Waals surface area contributed by atoms with E-state index in [0.717, 1.165) is 31.4 Å². The van der Waals surface area contributed by atoms with Gasteiger partial charge in [0, 0.05) is 19.1 Å². The molecule has 1 aliphatic carbocycles. The molecule has 6 heteroatoms. The summed E-state index contributed by atoms with van der Waals surface area (Å²) in [5.41, 5.74) is 6.72. The molecule has 0 bridgehead atoms. The van der Waals surface area contributed by atoms with Gasteiger partial charge < -0.3 is 10.6 Å². The number of carbonyl (C=O) groups excluding carboxylic acids is 1. The molecule has 1 aromatic rings. The normalized spacial score (nSPS) is 23.6. The third-order valence-corrected chi connectivity index (χ3v) is 4.59. The smallest absolute Gasteiger partial charge is 0.267 e. The number of aromatic nitrogens is 2. The van der Waals surface area contributed by atoms with Gasteiger partial charge in [-0.05, 0) is 43.1 Å². The van der Waals surface area contributed by atoms with Gasteiger partial charge in [0.1, 0.15) is 4.88 Å². The van der Waals surface area contributed by atoms with Gasteiger partial charge in [-0.1, -0.05) is 18.3 Å². The first kappa shape index (κ1) is 14.4. The Labute approximate surface area is 118 Å². The Bertz CT molecular complexity index is 438. The molecule has 2 rings (SSSR count). The lowest BCUT2D eigenvalue weighted by atomic mass is 9.91. The molecule has 5 nitrogen and oxygen atoms in total. The van der Waals surface area contributed by atoms with Gasteiger partial charge in [-0.25, -0.2) is 0 Å². The van der Waals surface area contributed by atoms with Crippen molar-refractivity contribution in [2.75, 3.05) is 7.05 Å². The van der Waals surface area contributed by atoms with Crippen LogP contribution in [0, 0.1) is 0 Å². The third kappa shape index (κ3) is 3.12. The van der Waals surface area contributed by atoms with E-state index in [1.165, 1.54) is 11.5 Å². The van der Waals surface area contributed by atoms with Gasteiger partial charge in [-0.2, -0.15) is 0 Å². The molecule has 0 aliphatic heterocycles. The zero-order valence-electron chi connectivity index (χ0n) is 11.8. The highest BCUT2D eigenvalue weighted by molar-refractivity contribution is 7.08. The van der Waals surface area contributed by atoms with E-state index in [4.69, 9.17) is 5.73 Å². The van der Waals surface area contributed by atoms with Crippen molar-refractivity contribution >= 4 is 17.4 Å². The summed E-state index contributed by atoms with van der Waals surface area (Å²) in [5.74, 6) is 0.282. The highest BCUT2D eigenvalue weighted by Crippen LogP contribution is 2.26. The van der Waals surface area contributed by atoms with Crippen LogP contribution in [0.3, 0.4) is 0 Å². The van der Waals surface area contributed by atoms with E-state index >= 15 is 0 Å². The van der Waals surface area contributed by atoms with Crippen LogP contribution in [-0.4, -0.2) is 39.5 Å². The van der Waals surface area contributed by atoms with Crippen molar-refractivity contribution < 1.29 is 4.79 Å². The minimum Gasteiger partial charge on any atom is -0.338 e. The minimum atomic E-state index is 0.0548. The standard InChI is InChI=1S/C13H22N4OS/c1-8(2)11-12(19-16-15-11)13(18)17(3)10-6-4-9(14)5-7-10/h8-10H,4-7,14H2,1-3H3. The maximum atomic E-state index is 12.5. The summed E-state index contributed by atoms with van der Waals surface area (Å²) in [6.45, 7) is 4.07. The Morgan fingerprint density at radius 1 is 1.37 bits per heavy atom. The van der Waals surface area contributed by atoms with Crippen LogP contribution < -0.4 is 5.73 Å². The molecule has 106 valence electrons. The molecule has 0 saturated heterocycles. The number of nitrogens with zero attached hydrogens (tertiary/aromatic N) is 3. The van der Waals surface area contributed by atoms with Crippen molar-refractivity contribution in [2.24, 2.45) is 5.73 Å². The molecule has 1 fully saturated rings. The van der Waals surface area contributed by atoms with Crippen LogP contribution >= 0.6 is 11.5 Å². The monoisotopic (exact) mass is 282 g/mol. The van der Waals surface area contributed by atoms with E-state index in [0.29, 0.717) is 17.0 Å². The van der Waals surface area contributed by atoms with Gasteiger partial charge in [0.2, 0.25) is 0 Å². The van der Waals surface area contributed by atoms with Crippen molar-refractivity contribution in [3.05, 3.63) is 10.6 Å². The molecule has 0 atom stereocenters. The number of nitrogens with two attached hydrogens (primary N) is 1. The molecule has 1 aliphatic rings. The fourth-order valence-electron chi connectivity index (χ4n) is 2.54. The third-order valence-electron chi connectivity index (χ3n) is 3.86. The lowest BCUT2D eigenvalue weighted by molar-refractivity contribution is 0.0693. The minimum absolute atomic E-state index is 0.0548. The summed E-state index contributed by atoms with van der Waals surface area (Å²) in [6.07, 6.45) is 3.99. The summed E-state index contributed by atoms with van der Waals surface area (Å²) < 4.78 is 3.93. The van der Waals surface area contributed by atoms with Crippen LogP contribution in [0.4, 0.5) is 0 Å². The molecule has 1 amide bonds. The second-order valence-electron chi connectivity index (χ2n) is 5.63. The molecule has 2 N–H and O–H groups in total. The van der Waals surface area contributed by atoms with Crippen LogP contribution in [0.15, 0.2) is 0 Å². The summed E-state index contributed by atoms with van der Waals surface area (Å²) in [5, 5.41) is 4.08. The average Bonchev–Trinajstić information content (AvgIpc) is 2.87. The second kappa shape index (κ2) is 5.96. The topological polar surface area (TPSA) is 72.1 Å². The molecule has 1 heterocycles. The van der Waals surface area contributed by atoms with E-state index in [1.54, 1.807) is 0 Å². The highest BCUT2D eigenvalue weighted by atomic mass is 32.1. The molecule has 0 spiro atoms. The van der Waals surface area contributed by atoms with Gasteiger partial charge >= 0.3 is 0 Å². The first-order chi connectivity index (χ1) is 9.00. The summed E-state index contributed by atoms with van der Waals surface area (Å²) in [4.78, 5) is 15.1. The number of rotatable bonds is 3. The zero-order chi connectivity index (χ0) is 14.0. The van der Waals surface area contributed by atoms with E-state index in [-0.39, 0.29) is 11.8 Å². The van der Waals surface area contributed by atoms with Crippen LogP contribution in [0.25, 0.3) is 0 Å². The maximum Gasteiger partial charge on any atom is 0.267 e.